The van der Waals surface area contributed by atoms with E-state index in [0.717, 1.165) is 42.5 Å². The Kier molecular flexibility index (Phi) is 12.6. The number of nitro benzene ring substituents is 1. The average molecular weight is 728 g/mol. The van der Waals surface area contributed by atoms with E-state index in [4.69, 9.17) is 15.1 Å². The van der Waals surface area contributed by atoms with E-state index in [1.807, 2.05) is 0 Å². The molecule has 0 atom stereocenters. The van der Waals surface area contributed by atoms with Gasteiger partial charge < -0.3 is 15.3 Å². The van der Waals surface area contributed by atoms with Crippen molar-refractivity contribution in [1.82, 2.24) is 0 Å². The minimum Gasteiger partial charge on any atom is -0.505 e. The smallest absolute Gasteiger partial charge is 0.397 e. The van der Waals surface area contributed by atoms with Crippen LogP contribution in [0, 0.1) is 10.1 Å². The zero-order valence-corrected chi connectivity index (χ0v) is 25.3. The Labute approximate surface area is 264 Å². The molecule has 22 nitrogen and oxygen atoms in total. The molecule has 0 aliphatic carbocycles. The average Bonchev–Trinajstić information content (AvgIpc) is 2.98. The first-order chi connectivity index (χ1) is 21.7. The van der Waals surface area contributed by atoms with Gasteiger partial charge in [-0.05, 0) is 36.4 Å². The van der Waals surface area contributed by atoms with Crippen molar-refractivity contribution < 1.29 is 75.1 Å². The van der Waals surface area contributed by atoms with Crippen LogP contribution in [0.2, 0.25) is 0 Å². The number of aromatic hydroxyl groups is 3. The van der Waals surface area contributed by atoms with E-state index in [1.54, 1.807) is 0 Å². The highest BCUT2D eigenvalue weighted by Gasteiger charge is 2.22. The van der Waals surface area contributed by atoms with Crippen LogP contribution in [-0.2, 0) is 43.2 Å². The molecule has 3 rings (SSSR count). The van der Waals surface area contributed by atoms with Gasteiger partial charge in [-0.3, -0.25) is 14.7 Å². The molecule has 0 saturated carbocycles. The van der Waals surface area contributed by atoms with Gasteiger partial charge in [0.25, 0.3) is 0 Å². The van der Waals surface area contributed by atoms with Gasteiger partial charge in [-0.1, -0.05) is 10.1 Å². The number of azo groups is 2. The lowest BCUT2D eigenvalue weighted by atomic mass is 10.2. The van der Waals surface area contributed by atoms with Crippen LogP contribution < -0.4 is 0 Å². The summed E-state index contributed by atoms with van der Waals surface area (Å²) >= 11 is 0.568. The van der Waals surface area contributed by atoms with Crippen LogP contribution in [0.3, 0.4) is 0 Å². The van der Waals surface area contributed by atoms with Gasteiger partial charge in [-0.2, -0.15) is 8.42 Å². The fraction of sp³-hybridized carbons (Fsp3) is 0.100. The summed E-state index contributed by atoms with van der Waals surface area (Å²) in [7, 11) is -9.10. The minimum atomic E-state index is -4.90. The third-order valence-electron chi connectivity index (χ3n) is 5.06. The minimum absolute atomic E-state index is 0.0635. The molecule has 0 bridgehead atoms. The first-order valence-corrected chi connectivity index (χ1v) is 15.8. The van der Waals surface area contributed by atoms with Crippen molar-refractivity contribution in [3.63, 3.8) is 0 Å². The first-order valence-electron chi connectivity index (χ1n) is 11.3. The fourth-order valence-corrected chi connectivity index (χ4v) is 5.59. The Morgan fingerprint density at radius 3 is 2.09 bits per heavy atom. The zero-order valence-electron chi connectivity index (χ0n) is 22.0. The highest BCUT2D eigenvalue weighted by Crippen LogP contribution is 2.46. The Morgan fingerprint density at radius 2 is 1.43 bits per heavy atom. The number of hydrogen-bond acceptors (Lipinski definition) is 22. The SMILES string of the molecule is O=[N+]([O-])c1cc(SOOO)cc(/N=N\c2ccc(O)c(N=Nc3ccc(S(=O)(=O)CCOS(=O)(=O)O)cc3SOOO)c2O)c1O. The van der Waals surface area contributed by atoms with Crippen LogP contribution in [-0.4, -0.2) is 64.5 Å². The summed E-state index contributed by atoms with van der Waals surface area (Å²) in [5.74, 6) is -3.26. The Balaban J connectivity index is 1.96. The number of benzene rings is 3. The largest absolute Gasteiger partial charge is 0.505 e. The second-order valence-corrected chi connectivity index (χ2v) is 12.6. The van der Waals surface area contributed by atoms with Crippen LogP contribution in [0.4, 0.5) is 28.4 Å². The molecule has 3 aromatic rings. The van der Waals surface area contributed by atoms with Gasteiger partial charge in [0.15, 0.2) is 21.3 Å². The number of phenols is 3. The van der Waals surface area contributed by atoms with E-state index in [0.29, 0.717) is 12.0 Å². The molecule has 248 valence electrons. The van der Waals surface area contributed by atoms with Crippen molar-refractivity contribution in [2.75, 3.05) is 12.4 Å². The van der Waals surface area contributed by atoms with E-state index in [-0.39, 0.29) is 33.2 Å². The molecule has 6 N–H and O–H groups in total. The lowest BCUT2D eigenvalue weighted by molar-refractivity contribution is -0.432. The van der Waals surface area contributed by atoms with Gasteiger partial charge in [-0.15, -0.1) is 29.1 Å². The van der Waals surface area contributed by atoms with Crippen LogP contribution in [0.25, 0.3) is 0 Å². The summed E-state index contributed by atoms with van der Waals surface area (Å²) < 4.78 is 67.7. The quantitative estimate of drug-likeness (QED) is 0.0282. The van der Waals surface area contributed by atoms with Gasteiger partial charge in [0, 0.05) is 11.0 Å². The maximum atomic E-state index is 12.6. The maximum Gasteiger partial charge on any atom is 0.397 e. The summed E-state index contributed by atoms with van der Waals surface area (Å²) in [4.78, 5) is 9.69. The van der Waals surface area contributed by atoms with Gasteiger partial charge in [0.2, 0.25) is 5.75 Å². The molecule has 0 heterocycles. The van der Waals surface area contributed by atoms with Crippen molar-refractivity contribution in [2.45, 2.75) is 14.7 Å². The number of phenolic OH excluding ortho intramolecular Hbond substituents is 3. The van der Waals surface area contributed by atoms with Crippen LogP contribution in [0.5, 0.6) is 17.2 Å². The van der Waals surface area contributed by atoms with Gasteiger partial charge >= 0.3 is 16.1 Å². The molecule has 46 heavy (non-hydrogen) atoms. The Hall–Kier alpha value is -4.06. The Morgan fingerprint density at radius 1 is 0.804 bits per heavy atom. The second-order valence-electron chi connectivity index (χ2n) is 7.92. The highest BCUT2D eigenvalue weighted by molar-refractivity contribution is 7.95. The number of nitro groups is 1. The van der Waals surface area contributed by atoms with E-state index < -0.39 is 76.7 Å². The molecule has 0 aliphatic heterocycles. The monoisotopic (exact) mass is 727 g/mol. The molecule has 0 saturated heterocycles. The first kappa shape index (κ1) is 36.4. The molecular formula is C20H17N5O17S4. The standard InChI is InChI=1S/C20H17N5O17S4/c26-16-4-3-13(22-23-14-7-10(43-41-39-31)8-15(19(14)27)25(29)30)20(28)18(16)24-21-12-2-1-11(9-17(12)44-42-40-32)45(33,34)6-5-38-46(35,36)37/h1-4,7-9,26-28,31-32H,5-6H2,(H,35,36,37)/b23-22-,24-21?. The summed E-state index contributed by atoms with van der Waals surface area (Å²) in [6.45, 7) is -0.915. The van der Waals surface area contributed by atoms with Crippen molar-refractivity contribution in [2.24, 2.45) is 20.5 Å². The van der Waals surface area contributed by atoms with E-state index >= 15 is 0 Å². The summed E-state index contributed by atoms with van der Waals surface area (Å²) in [5, 5.41) is 81.1. The molecule has 26 heteroatoms. The van der Waals surface area contributed by atoms with E-state index in [2.05, 4.69) is 43.4 Å². The molecule has 0 spiro atoms. The number of sulfone groups is 1. The second kappa shape index (κ2) is 16.0. The maximum absolute atomic E-state index is 12.6. The molecule has 0 fully saturated rings. The molecule has 0 radical (unpaired) electrons. The number of hydrogen-bond donors (Lipinski definition) is 6. The molecule has 0 unspecified atom stereocenters. The lowest BCUT2D eigenvalue weighted by Crippen LogP contribution is -2.15. The normalized spacial score (nSPS) is 12.3. The van der Waals surface area contributed by atoms with Crippen LogP contribution >= 0.6 is 24.1 Å². The number of rotatable bonds is 16. The zero-order chi connectivity index (χ0) is 34.1. The molecule has 0 amide bonds. The van der Waals surface area contributed by atoms with Crippen LogP contribution in [0.1, 0.15) is 0 Å². The van der Waals surface area contributed by atoms with Gasteiger partial charge in [0.1, 0.15) is 22.8 Å². The summed E-state index contributed by atoms with van der Waals surface area (Å²) in [6.07, 6.45) is 0. The molecular weight excluding hydrogens is 711 g/mol. The predicted molar refractivity (Wildman–Crippen MR) is 150 cm³/mol. The third-order valence-corrected chi connectivity index (χ3v) is 8.39. The molecule has 3 aromatic carbocycles. The summed E-state index contributed by atoms with van der Waals surface area (Å²) in [6, 6.07) is 7.04. The van der Waals surface area contributed by atoms with Gasteiger partial charge in [-0.25, -0.2) is 23.1 Å². The van der Waals surface area contributed by atoms with E-state index in [9.17, 15) is 42.3 Å². The van der Waals surface area contributed by atoms with Crippen LogP contribution in [0.15, 0.2) is 77.6 Å². The van der Waals surface area contributed by atoms with Crippen molar-refractivity contribution in [3.8, 4) is 17.2 Å². The fourth-order valence-electron chi connectivity index (χ4n) is 3.10. The third kappa shape index (κ3) is 9.97. The molecule has 0 aliphatic rings. The van der Waals surface area contributed by atoms with E-state index in [1.165, 1.54) is 0 Å². The summed E-state index contributed by atoms with van der Waals surface area (Å²) in [5.41, 5.74) is -2.47. The van der Waals surface area contributed by atoms with Crippen molar-refractivity contribution >= 4 is 72.8 Å². The predicted octanol–water partition coefficient (Wildman–Crippen LogP) is 4.99. The highest BCUT2D eigenvalue weighted by atomic mass is 32.3. The lowest BCUT2D eigenvalue weighted by Gasteiger charge is -2.08. The molecule has 0 aromatic heterocycles. The topological polar surface area (TPSA) is 328 Å². The van der Waals surface area contributed by atoms with Gasteiger partial charge in [0.05, 0.1) is 51.2 Å². The van der Waals surface area contributed by atoms with Crippen molar-refractivity contribution in [3.05, 3.63) is 52.6 Å². The van der Waals surface area contributed by atoms with Crippen molar-refractivity contribution in [1.29, 1.82) is 0 Å². The Bertz CT molecular complexity index is 1870. The number of nitrogens with zero attached hydrogens (tertiary/aromatic N) is 5.